The summed E-state index contributed by atoms with van der Waals surface area (Å²) < 4.78 is 0. The molecule has 0 unspecified atom stereocenters. The Morgan fingerprint density at radius 2 is 2.00 bits per heavy atom. The molecular formula is C10H8N2O4S. The van der Waals surface area contributed by atoms with Crippen LogP contribution in [0.1, 0.15) is 15.5 Å². The maximum Gasteiger partial charge on any atom is 0.355 e. The van der Waals surface area contributed by atoms with Crippen LogP contribution in [0.3, 0.4) is 0 Å². The topological polar surface area (TPSA) is 87.6 Å². The fourth-order valence-electron chi connectivity index (χ4n) is 1.38. The molecule has 0 fully saturated rings. The zero-order valence-electron chi connectivity index (χ0n) is 8.62. The largest absolute Gasteiger partial charge is 0.476 e. The summed E-state index contributed by atoms with van der Waals surface area (Å²) in [5.41, 5.74) is -0.0119. The molecule has 0 bridgehead atoms. The van der Waals surface area contributed by atoms with Gasteiger partial charge >= 0.3 is 5.97 Å². The molecule has 6 nitrogen and oxygen atoms in total. The average molecular weight is 252 g/mol. The van der Waals surface area contributed by atoms with Crippen molar-refractivity contribution in [2.45, 2.75) is 6.42 Å². The fourth-order valence-corrected chi connectivity index (χ4v) is 2.14. The van der Waals surface area contributed by atoms with Crippen LogP contribution in [0.15, 0.2) is 17.5 Å². The van der Waals surface area contributed by atoms with E-state index in [2.05, 4.69) is 4.98 Å². The minimum absolute atomic E-state index is 0.0119. The summed E-state index contributed by atoms with van der Waals surface area (Å²) in [5, 5.41) is 10.7. The second-order valence-corrected chi connectivity index (χ2v) is 4.29. The van der Waals surface area contributed by atoms with Crippen molar-refractivity contribution < 1.29 is 19.5 Å². The first kappa shape index (κ1) is 11.5. The number of aromatic nitrogens is 1. The number of rotatable bonds is 4. The van der Waals surface area contributed by atoms with Crippen LogP contribution in [-0.4, -0.2) is 39.3 Å². The van der Waals surface area contributed by atoms with Gasteiger partial charge in [0.1, 0.15) is 0 Å². The molecule has 1 aliphatic heterocycles. The first-order valence-corrected chi connectivity index (χ1v) is 5.67. The minimum atomic E-state index is -1.08. The van der Waals surface area contributed by atoms with E-state index in [9.17, 15) is 14.4 Å². The lowest BCUT2D eigenvalue weighted by Crippen LogP contribution is -2.31. The predicted molar refractivity (Wildman–Crippen MR) is 58.6 cm³/mol. The second-order valence-electron chi connectivity index (χ2n) is 3.34. The number of nitrogens with zero attached hydrogens (tertiary/aromatic N) is 2. The Balaban J connectivity index is 1.96. The Bertz CT molecular complexity index is 502. The summed E-state index contributed by atoms with van der Waals surface area (Å²) in [5.74, 6) is -1.77. The van der Waals surface area contributed by atoms with E-state index >= 15 is 0 Å². The highest BCUT2D eigenvalue weighted by Crippen LogP contribution is 2.12. The second kappa shape index (κ2) is 4.46. The van der Waals surface area contributed by atoms with Gasteiger partial charge in [0.2, 0.25) is 0 Å². The molecule has 2 amide bonds. The van der Waals surface area contributed by atoms with E-state index in [-0.39, 0.29) is 24.1 Å². The molecule has 0 aromatic carbocycles. The molecule has 17 heavy (non-hydrogen) atoms. The lowest BCUT2D eigenvalue weighted by atomic mass is 10.4. The normalized spacial score (nSPS) is 14.7. The minimum Gasteiger partial charge on any atom is -0.476 e. The van der Waals surface area contributed by atoms with Crippen LogP contribution in [0, 0.1) is 0 Å². The van der Waals surface area contributed by atoms with E-state index in [0.717, 1.165) is 4.90 Å². The van der Waals surface area contributed by atoms with Crippen LogP contribution in [0.4, 0.5) is 0 Å². The highest BCUT2D eigenvalue weighted by Gasteiger charge is 2.23. The summed E-state index contributed by atoms with van der Waals surface area (Å²) >= 11 is 1.20. The number of carbonyl (C=O) groups excluding carboxylic acids is 2. The standard InChI is InChI=1S/C10H8N2O4S/c13-8-1-2-9(14)12(8)4-3-7-11-6(5-17-7)10(15)16/h1-2,5H,3-4H2,(H,15,16). The summed E-state index contributed by atoms with van der Waals surface area (Å²) in [6.07, 6.45) is 2.80. The Hall–Kier alpha value is -2.02. The van der Waals surface area contributed by atoms with Gasteiger partial charge in [-0.15, -0.1) is 11.3 Å². The average Bonchev–Trinajstić information content (AvgIpc) is 2.85. The lowest BCUT2D eigenvalue weighted by Gasteiger charge is -2.11. The molecule has 1 aromatic rings. The highest BCUT2D eigenvalue weighted by molar-refractivity contribution is 7.09. The van der Waals surface area contributed by atoms with Crippen molar-refractivity contribution in [2.75, 3.05) is 6.54 Å². The molecular weight excluding hydrogens is 244 g/mol. The van der Waals surface area contributed by atoms with E-state index in [1.165, 1.54) is 28.9 Å². The van der Waals surface area contributed by atoms with Gasteiger partial charge in [-0.2, -0.15) is 0 Å². The van der Waals surface area contributed by atoms with E-state index in [1.54, 1.807) is 0 Å². The number of hydrogen-bond donors (Lipinski definition) is 1. The third kappa shape index (κ3) is 2.39. The third-order valence-electron chi connectivity index (χ3n) is 2.22. The number of amides is 2. The van der Waals surface area contributed by atoms with Crippen molar-refractivity contribution in [1.29, 1.82) is 0 Å². The third-order valence-corrected chi connectivity index (χ3v) is 3.13. The van der Waals surface area contributed by atoms with Gasteiger partial charge in [0, 0.05) is 30.5 Å². The summed E-state index contributed by atoms with van der Waals surface area (Å²) in [4.78, 5) is 38.0. The van der Waals surface area contributed by atoms with Gasteiger partial charge < -0.3 is 5.11 Å². The molecule has 0 spiro atoms. The van der Waals surface area contributed by atoms with Crippen molar-refractivity contribution >= 4 is 29.1 Å². The maximum absolute atomic E-state index is 11.2. The van der Waals surface area contributed by atoms with E-state index in [4.69, 9.17) is 5.11 Å². The zero-order chi connectivity index (χ0) is 12.4. The van der Waals surface area contributed by atoms with Gasteiger partial charge in [-0.3, -0.25) is 14.5 Å². The number of aromatic carboxylic acids is 1. The highest BCUT2D eigenvalue weighted by atomic mass is 32.1. The first-order valence-electron chi connectivity index (χ1n) is 4.79. The molecule has 2 rings (SSSR count). The smallest absolute Gasteiger partial charge is 0.355 e. The van der Waals surface area contributed by atoms with Crippen LogP contribution in [-0.2, 0) is 16.0 Å². The first-order chi connectivity index (χ1) is 8.08. The number of carbonyl (C=O) groups is 3. The predicted octanol–water partition coefficient (Wildman–Crippen LogP) is 0.309. The van der Waals surface area contributed by atoms with Gasteiger partial charge in [0.15, 0.2) is 5.69 Å². The van der Waals surface area contributed by atoms with E-state index < -0.39 is 5.97 Å². The molecule has 1 aliphatic rings. The van der Waals surface area contributed by atoms with Crippen molar-refractivity contribution in [1.82, 2.24) is 9.88 Å². The molecule has 0 radical (unpaired) electrons. The monoisotopic (exact) mass is 252 g/mol. The van der Waals surface area contributed by atoms with Crippen LogP contribution in [0.2, 0.25) is 0 Å². The quantitative estimate of drug-likeness (QED) is 0.779. The molecule has 0 atom stereocenters. The van der Waals surface area contributed by atoms with E-state index in [1.807, 2.05) is 0 Å². The van der Waals surface area contributed by atoms with Gasteiger partial charge in [-0.05, 0) is 0 Å². The van der Waals surface area contributed by atoms with Gasteiger partial charge in [-0.25, -0.2) is 9.78 Å². The molecule has 1 N–H and O–H groups in total. The van der Waals surface area contributed by atoms with Crippen LogP contribution in [0.25, 0.3) is 0 Å². The number of imide groups is 1. The molecule has 0 saturated carbocycles. The van der Waals surface area contributed by atoms with Gasteiger partial charge in [0.25, 0.3) is 11.8 Å². The van der Waals surface area contributed by atoms with Gasteiger partial charge in [-0.1, -0.05) is 0 Å². The summed E-state index contributed by atoms with van der Waals surface area (Å²) in [6.45, 7) is 0.219. The van der Waals surface area contributed by atoms with Crippen LogP contribution in [0.5, 0.6) is 0 Å². The molecule has 7 heteroatoms. The van der Waals surface area contributed by atoms with Gasteiger partial charge in [0.05, 0.1) is 5.01 Å². The molecule has 88 valence electrons. The van der Waals surface area contributed by atoms with Crippen molar-refractivity contribution in [3.63, 3.8) is 0 Å². The lowest BCUT2D eigenvalue weighted by molar-refractivity contribution is -0.136. The number of carboxylic acids is 1. The van der Waals surface area contributed by atoms with Crippen molar-refractivity contribution in [3.8, 4) is 0 Å². The van der Waals surface area contributed by atoms with Crippen molar-refractivity contribution in [3.05, 3.63) is 28.2 Å². The summed E-state index contributed by atoms with van der Waals surface area (Å²) in [7, 11) is 0. The molecule has 0 saturated heterocycles. The molecule has 1 aromatic heterocycles. The molecule has 0 aliphatic carbocycles. The number of hydrogen-bond acceptors (Lipinski definition) is 5. The Kier molecular flexibility index (Phi) is 3.01. The Morgan fingerprint density at radius 1 is 1.35 bits per heavy atom. The summed E-state index contributed by atoms with van der Waals surface area (Å²) in [6, 6.07) is 0. The maximum atomic E-state index is 11.2. The number of carboxylic acid groups (broad SMARTS) is 1. The zero-order valence-corrected chi connectivity index (χ0v) is 9.44. The Labute approximate surface area is 100 Å². The molecule has 2 heterocycles. The fraction of sp³-hybridized carbons (Fsp3) is 0.200. The van der Waals surface area contributed by atoms with Crippen LogP contribution >= 0.6 is 11.3 Å². The van der Waals surface area contributed by atoms with Crippen molar-refractivity contribution in [2.24, 2.45) is 0 Å². The number of thiazole rings is 1. The Morgan fingerprint density at radius 3 is 2.53 bits per heavy atom. The van der Waals surface area contributed by atoms with E-state index in [0.29, 0.717) is 11.4 Å². The SMILES string of the molecule is O=C(O)c1csc(CCN2C(=O)C=CC2=O)n1. The van der Waals surface area contributed by atoms with Crippen LogP contribution < -0.4 is 0 Å².